The maximum atomic E-state index is 4.20. The first-order valence-electron chi connectivity index (χ1n) is 5.49. The Hall–Kier alpha value is -0.830. The lowest BCUT2D eigenvalue weighted by Gasteiger charge is -2.15. The molecule has 0 saturated carbocycles. The van der Waals surface area contributed by atoms with Crippen molar-refractivity contribution in [2.24, 2.45) is 7.05 Å². The van der Waals surface area contributed by atoms with E-state index < -0.39 is 0 Å². The van der Waals surface area contributed by atoms with Crippen LogP contribution < -0.4 is 5.32 Å². The normalized spacial score (nSPS) is 13.1. The molecule has 1 aromatic heterocycles. The molecule has 1 heterocycles. The Morgan fingerprint density at radius 1 is 1.50 bits per heavy atom. The second-order valence-electron chi connectivity index (χ2n) is 3.70. The van der Waals surface area contributed by atoms with Gasteiger partial charge in [0.25, 0.3) is 0 Å². The fourth-order valence-electron chi connectivity index (χ4n) is 1.66. The van der Waals surface area contributed by atoms with Crippen molar-refractivity contribution in [3.63, 3.8) is 0 Å². The highest BCUT2D eigenvalue weighted by atomic mass is 15.2. The van der Waals surface area contributed by atoms with Crippen LogP contribution in [0.3, 0.4) is 0 Å². The molecule has 1 N–H and O–H groups in total. The van der Waals surface area contributed by atoms with Crippen LogP contribution in [0.5, 0.6) is 0 Å². The molecule has 1 aromatic rings. The van der Waals surface area contributed by atoms with Crippen LogP contribution in [0.25, 0.3) is 0 Å². The highest BCUT2D eigenvalue weighted by Gasteiger charge is 2.10. The molecule has 0 bridgehead atoms. The molecule has 80 valence electrons. The van der Waals surface area contributed by atoms with Gasteiger partial charge in [0, 0.05) is 24.8 Å². The number of nitrogens with zero attached hydrogens (tertiary/aromatic N) is 2. The molecule has 1 unspecified atom stereocenters. The zero-order valence-corrected chi connectivity index (χ0v) is 9.45. The molecular formula is C11H21N3. The highest BCUT2D eigenvalue weighted by molar-refractivity contribution is 5.09. The van der Waals surface area contributed by atoms with Crippen LogP contribution in [-0.2, 0) is 7.05 Å². The fourth-order valence-corrected chi connectivity index (χ4v) is 1.66. The van der Waals surface area contributed by atoms with E-state index in [2.05, 4.69) is 30.5 Å². The summed E-state index contributed by atoms with van der Waals surface area (Å²) in [4.78, 5) is 0. The zero-order valence-electron chi connectivity index (χ0n) is 9.45. The van der Waals surface area contributed by atoms with Gasteiger partial charge in [-0.2, -0.15) is 5.10 Å². The van der Waals surface area contributed by atoms with Gasteiger partial charge in [-0.1, -0.05) is 26.7 Å². The predicted octanol–water partition coefficient (Wildman–Crippen LogP) is 2.26. The van der Waals surface area contributed by atoms with Crippen LogP contribution in [-0.4, -0.2) is 16.3 Å². The summed E-state index contributed by atoms with van der Waals surface area (Å²) in [5.41, 5.74) is 1.31. The molecule has 0 spiro atoms. The molecule has 1 atom stereocenters. The standard InChI is InChI=1S/C11H21N3/c1-4-6-7-11(12-5-2)10-8-13-14(3)9-10/h8-9,11-12H,4-7H2,1-3H3. The number of aromatic nitrogens is 2. The van der Waals surface area contributed by atoms with Crippen molar-refractivity contribution in [2.45, 2.75) is 39.2 Å². The Morgan fingerprint density at radius 3 is 2.79 bits per heavy atom. The van der Waals surface area contributed by atoms with Gasteiger partial charge in [0.2, 0.25) is 0 Å². The van der Waals surface area contributed by atoms with Crippen molar-refractivity contribution >= 4 is 0 Å². The number of rotatable bonds is 6. The first kappa shape index (κ1) is 11.2. The average molecular weight is 195 g/mol. The third-order valence-electron chi connectivity index (χ3n) is 2.42. The van der Waals surface area contributed by atoms with Crippen molar-refractivity contribution in [1.82, 2.24) is 15.1 Å². The lowest BCUT2D eigenvalue weighted by atomic mass is 10.0. The van der Waals surface area contributed by atoms with Gasteiger partial charge in [-0.25, -0.2) is 0 Å². The second kappa shape index (κ2) is 5.81. The molecule has 1 rings (SSSR count). The maximum Gasteiger partial charge on any atom is 0.0537 e. The Bertz CT molecular complexity index is 255. The Balaban J connectivity index is 2.57. The summed E-state index contributed by atoms with van der Waals surface area (Å²) in [7, 11) is 1.96. The summed E-state index contributed by atoms with van der Waals surface area (Å²) in [6.07, 6.45) is 7.79. The molecule has 0 radical (unpaired) electrons. The van der Waals surface area contributed by atoms with Gasteiger partial charge < -0.3 is 5.32 Å². The van der Waals surface area contributed by atoms with Crippen molar-refractivity contribution in [3.8, 4) is 0 Å². The molecule has 0 aromatic carbocycles. The largest absolute Gasteiger partial charge is 0.310 e. The van der Waals surface area contributed by atoms with E-state index >= 15 is 0 Å². The van der Waals surface area contributed by atoms with Crippen LogP contribution in [0, 0.1) is 0 Å². The Kier molecular flexibility index (Phi) is 4.66. The van der Waals surface area contributed by atoms with Gasteiger partial charge >= 0.3 is 0 Å². The number of unbranched alkanes of at least 4 members (excludes halogenated alkanes) is 1. The molecule has 0 aliphatic heterocycles. The highest BCUT2D eigenvalue weighted by Crippen LogP contribution is 2.18. The summed E-state index contributed by atoms with van der Waals surface area (Å²) in [5, 5.41) is 7.70. The van der Waals surface area contributed by atoms with Crippen LogP contribution in [0.2, 0.25) is 0 Å². The van der Waals surface area contributed by atoms with Gasteiger partial charge in [-0.05, 0) is 13.0 Å². The lowest BCUT2D eigenvalue weighted by molar-refractivity contribution is 0.494. The molecule has 3 nitrogen and oxygen atoms in total. The SMILES string of the molecule is CCCCC(NCC)c1cnn(C)c1. The minimum absolute atomic E-state index is 0.480. The van der Waals surface area contributed by atoms with E-state index in [1.165, 1.54) is 24.8 Å². The Labute approximate surface area is 86.5 Å². The third-order valence-corrected chi connectivity index (χ3v) is 2.42. The molecule has 0 aliphatic rings. The number of hydrogen-bond donors (Lipinski definition) is 1. The van der Waals surface area contributed by atoms with Gasteiger partial charge in [-0.3, -0.25) is 4.68 Å². The molecule has 3 heteroatoms. The summed E-state index contributed by atoms with van der Waals surface area (Å²) in [6.45, 7) is 5.39. The van der Waals surface area contributed by atoms with E-state index in [-0.39, 0.29) is 0 Å². The number of aryl methyl sites for hydroxylation is 1. The quantitative estimate of drug-likeness (QED) is 0.754. The van der Waals surface area contributed by atoms with Crippen molar-refractivity contribution in [2.75, 3.05) is 6.54 Å². The van der Waals surface area contributed by atoms with Crippen molar-refractivity contribution in [1.29, 1.82) is 0 Å². The van der Waals surface area contributed by atoms with E-state index in [0.29, 0.717) is 6.04 Å². The van der Waals surface area contributed by atoms with Crippen molar-refractivity contribution < 1.29 is 0 Å². The minimum atomic E-state index is 0.480. The topological polar surface area (TPSA) is 29.9 Å². The summed E-state index contributed by atoms with van der Waals surface area (Å²) >= 11 is 0. The molecule has 0 aliphatic carbocycles. The molecule has 0 saturated heterocycles. The molecule has 0 amide bonds. The number of hydrogen-bond acceptors (Lipinski definition) is 2. The van der Waals surface area contributed by atoms with Gasteiger partial charge in [0.15, 0.2) is 0 Å². The summed E-state index contributed by atoms with van der Waals surface area (Å²) in [6, 6.07) is 0.480. The molecule has 14 heavy (non-hydrogen) atoms. The van der Waals surface area contributed by atoms with E-state index in [4.69, 9.17) is 0 Å². The second-order valence-corrected chi connectivity index (χ2v) is 3.70. The van der Waals surface area contributed by atoms with Gasteiger partial charge in [-0.15, -0.1) is 0 Å². The fraction of sp³-hybridized carbons (Fsp3) is 0.727. The Morgan fingerprint density at radius 2 is 2.29 bits per heavy atom. The van der Waals surface area contributed by atoms with Crippen LogP contribution in [0.4, 0.5) is 0 Å². The van der Waals surface area contributed by atoms with Gasteiger partial charge in [0.05, 0.1) is 6.20 Å². The first-order chi connectivity index (χ1) is 6.77. The number of nitrogens with one attached hydrogen (secondary N) is 1. The smallest absolute Gasteiger partial charge is 0.0537 e. The predicted molar refractivity (Wildman–Crippen MR) is 59.2 cm³/mol. The average Bonchev–Trinajstić information content (AvgIpc) is 2.59. The minimum Gasteiger partial charge on any atom is -0.310 e. The van der Waals surface area contributed by atoms with Crippen molar-refractivity contribution in [3.05, 3.63) is 18.0 Å². The molecule has 0 fully saturated rings. The van der Waals surface area contributed by atoms with E-state index in [9.17, 15) is 0 Å². The third kappa shape index (κ3) is 3.14. The maximum absolute atomic E-state index is 4.20. The van der Waals surface area contributed by atoms with Gasteiger partial charge in [0.1, 0.15) is 0 Å². The summed E-state index contributed by atoms with van der Waals surface area (Å²) < 4.78 is 1.87. The van der Waals surface area contributed by atoms with E-state index in [1.807, 2.05) is 17.9 Å². The van der Waals surface area contributed by atoms with Crippen LogP contribution in [0.15, 0.2) is 12.4 Å². The van der Waals surface area contributed by atoms with Crippen LogP contribution in [0.1, 0.15) is 44.7 Å². The van der Waals surface area contributed by atoms with Crippen LogP contribution >= 0.6 is 0 Å². The van der Waals surface area contributed by atoms with E-state index in [1.54, 1.807) is 0 Å². The molecular weight excluding hydrogens is 174 g/mol. The lowest BCUT2D eigenvalue weighted by Crippen LogP contribution is -2.20. The zero-order chi connectivity index (χ0) is 10.4. The monoisotopic (exact) mass is 195 g/mol. The first-order valence-corrected chi connectivity index (χ1v) is 5.49. The van der Waals surface area contributed by atoms with E-state index in [0.717, 1.165) is 6.54 Å². The summed E-state index contributed by atoms with van der Waals surface area (Å²) in [5.74, 6) is 0.